The summed E-state index contributed by atoms with van der Waals surface area (Å²) < 4.78 is 0. The van der Waals surface area contributed by atoms with Gasteiger partial charge in [0.2, 0.25) is 0 Å². The van der Waals surface area contributed by atoms with Crippen LogP contribution < -0.4 is 0 Å². The van der Waals surface area contributed by atoms with Crippen LogP contribution in [0.3, 0.4) is 0 Å². The van der Waals surface area contributed by atoms with Crippen LogP contribution in [0.5, 0.6) is 0 Å². The van der Waals surface area contributed by atoms with Gasteiger partial charge in [0.15, 0.2) is 5.82 Å². The molecular weight excluding hydrogens is 643 g/mol. The second kappa shape index (κ2) is 12.2. The summed E-state index contributed by atoms with van der Waals surface area (Å²) in [4.78, 5) is 14.8. The van der Waals surface area contributed by atoms with Crippen LogP contribution in [0.2, 0.25) is 0 Å². The van der Waals surface area contributed by atoms with E-state index < -0.39 is 0 Å². The molecule has 53 heavy (non-hydrogen) atoms. The lowest BCUT2D eigenvalue weighted by atomic mass is 9.81. The van der Waals surface area contributed by atoms with Crippen molar-refractivity contribution in [3.8, 4) is 67.3 Å². The van der Waals surface area contributed by atoms with Crippen molar-refractivity contribution >= 4 is 21.7 Å². The minimum atomic E-state index is -0.102. The lowest BCUT2D eigenvalue weighted by molar-refractivity contribution is 0.661. The van der Waals surface area contributed by atoms with Gasteiger partial charge in [-0.3, -0.25) is 4.98 Å². The van der Waals surface area contributed by atoms with Gasteiger partial charge in [0.1, 0.15) is 0 Å². The van der Waals surface area contributed by atoms with Crippen molar-refractivity contribution in [2.45, 2.75) is 19.3 Å². The Labute approximate surface area is 309 Å². The minimum absolute atomic E-state index is 0.102. The number of hydrogen-bond acceptors (Lipinski definition) is 3. The maximum absolute atomic E-state index is 5.18. The van der Waals surface area contributed by atoms with Crippen molar-refractivity contribution < 1.29 is 0 Å². The predicted molar refractivity (Wildman–Crippen MR) is 220 cm³/mol. The van der Waals surface area contributed by atoms with Gasteiger partial charge in [-0.1, -0.05) is 141 Å². The van der Waals surface area contributed by atoms with Crippen LogP contribution >= 0.6 is 0 Å². The number of pyridine rings is 1. The molecule has 0 N–H and O–H groups in total. The Morgan fingerprint density at radius 1 is 0.396 bits per heavy atom. The summed E-state index contributed by atoms with van der Waals surface area (Å²) in [6.45, 7) is 4.71. The van der Waals surface area contributed by atoms with Crippen LogP contribution in [-0.2, 0) is 5.41 Å². The van der Waals surface area contributed by atoms with Crippen molar-refractivity contribution in [3.63, 3.8) is 0 Å². The normalized spacial score (nSPS) is 12.9. The number of rotatable bonds is 5. The van der Waals surface area contributed by atoms with Crippen molar-refractivity contribution in [1.82, 2.24) is 15.0 Å². The van der Waals surface area contributed by atoms with E-state index >= 15 is 0 Å². The van der Waals surface area contributed by atoms with E-state index in [2.05, 4.69) is 164 Å². The summed E-state index contributed by atoms with van der Waals surface area (Å²) in [6, 6.07) is 60.7. The molecule has 0 spiro atoms. The molecule has 0 unspecified atom stereocenters. The zero-order valence-corrected chi connectivity index (χ0v) is 29.6. The van der Waals surface area contributed by atoms with E-state index in [0.29, 0.717) is 5.82 Å². The fourth-order valence-electron chi connectivity index (χ4n) is 8.11. The third kappa shape index (κ3) is 5.32. The molecule has 0 atom stereocenters. The first-order valence-corrected chi connectivity index (χ1v) is 18.2. The van der Waals surface area contributed by atoms with Gasteiger partial charge in [0.05, 0.1) is 16.9 Å². The molecule has 2 aromatic heterocycles. The Bertz CT molecular complexity index is 2850. The molecule has 9 aromatic rings. The number of aromatic nitrogens is 3. The second-order valence-corrected chi connectivity index (χ2v) is 14.5. The van der Waals surface area contributed by atoms with Gasteiger partial charge < -0.3 is 0 Å². The third-order valence-corrected chi connectivity index (χ3v) is 10.9. The van der Waals surface area contributed by atoms with Crippen molar-refractivity contribution in [2.24, 2.45) is 0 Å². The first-order valence-electron chi connectivity index (χ1n) is 18.2. The zero-order valence-electron chi connectivity index (χ0n) is 29.6. The Balaban J connectivity index is 1.08. The molecular formula is C50H35N3. The van der Waals surface area contributed by atoms with E-state index in [1.165, 1.54) is 44.2 Å². The average molecular weight is 678 g/mol. The quantitative estimate of drug-likeness (QED) is 0.182. The molecule has 2 heterocycles. The fourth-order valence-corrected chi connectivity index (χ4v) is 8.11. The molecule has 0 amide bonds. The maximum Gasteiger partial charge on any atom is 0.160 e. The molecule has 0 fully saturated rings. The fraction of sp³-hybridized carbons (Fsp3) is 0.0600. The van der Waals surface area contributed by atoms with E-state index in [1.807, 2.05) is 30.5 Å². The molecule has 3 heteroatoms. The molecule has 1 aliphatic carbocycles. The Hall–Kier alpha value is -6.71. The smallest absolute Gasteiger partial charge is 0.160 e. The minimum Gasteiger partial charge on any atom is -0.256 e. The molecule has 0 aliphatic heterocycles. The van der Waals surface area contributed by atoms with Crippen molar-refractivity contribution in [1.29, 1.82) is 0 Å². The monoisotopic (exact) mass is 677 g/mol. The largest absolute Gasteiger partial charge is 0.256 e. The first kappa shape index (κ1) is 31.1. The lowest BCUT2D eigenvalue weighted by Gasteiger charge is -2.22. The summed E-state index contributed by atoms with van der Waals surface area (Å²) in [6.07, 6.45) is 1.83. The maximum atomic E-state index is 5.18. The van der Waals surface area contributed by atoms with Gasteiger partial charge in [0.25, 0.3) is 0 Å². The highest BCUT2D eigenvalue weighted by atomic mass is 14.9. The Morgan fingerprint density at radius 3 is 1.89 bits per heavy atom. The first-order chi connectivity index (χ1) is 26.0. The van der Waals surface area contributed by atoms with E-state index in [0.717, 1.165) is 50.1 Å². The molecule has 7 aromatic carbocycles. The molecule has 0 saturated carbocycles. The zero-order chi connectivity index (χ0) is 35.5. The molecule has 0 radical (unpaired) electrons. The summed E-state index contributed by atoms with van der Waals surface area (Å²) >= 11 is 0. The van der Waals surface area contributed by atoms with Crippen LogP contribution in [0, 0.1) is 0 Å². The Morgan fingerprint density at radius 2 is 1.06 bits per heavy atom. The summed E-state index contributed by atoms with van der Waals surface area (Å²) in [7, 11) is 0. The number of nitrogens with zero attached hydrogens (tertiary/aromatic N) is 3. The van der Waals surface area contributed by atoms with Crippen LogP contribution in [0.25, 0.3) is 89.0 Å². The van der Waals surface area contributed by atoms with E-state index in [-0.39, 0.29) is 5.41 Å². The predicted octanol–water partition coefficient (Wildman–Crippen LogP) is 12.8. The van der Waals surface area contributed by atoms with Crippen LogP contribution in [-0.4, -0.2) is 15.0 Å². The van der Waals surface area contributed by atoms with E-state index in [4.69, 9.17) is 9.97 Å². The SMILES string of the molecule is CC1(C)c2cc3ccccc3cc2-c2c(-c3cccc(-c4cc(-c5ccc(-c6ccc7ncccc7c6)cc5)nc(-c5ccccc5)n4)c3)cccc21. The molecule has 250 valence electrons. The average Bonchev–Trinajstić information content (AvgIpc) is 3.45. The standard InChI is InChI=1S/C50H35N3/c1-50(2)43-19-9-18-41(48(43)42-29-35-13-6-7-14-36(35)30-44(42)50)38-15-8-16-40(28-38)47-31-46(52-49(53-47)34-11-4-3-5-12-34)33-22-20-32(21-23-33)37-24-25-45-39(27-37)17-10-26-51-45/h3-31H,1-2H3. The third-order valence-electron chi connectivity index (χ3n) is 10.9. The highest BCUT2D eigenvalue weighted by Gasteiger charge is 2.37. The van der Waals surface area contributed by atoms with Gasteiger partial charge in [-0.05, 0) is 97.7 Å². The summed E-state index contributed by atoms with van der Waals surface area (Å²) in [5.41, 5.74) is 15.9. The van der Waals surface area contributed by atoms with Gasteiger partial charge in [-0.25, -0.2) is 9.97 Å². The van der Waals surface area contributed by atoms with Crippen molar-refractivity contribution in [2.75, 3.05) is 0 Å². The van der Waals surface area contributed by atoms with Crippen LogP contribution in [0.15, 0.2) is 176 Å². The Kier molecular flexibility index (Phi) is 7.16. The summed E-state index contributed by atoms with van der Waals surface area (Å²) in [5.74, 6) is 0.706. The van der Waals surface area contributed by atoms with E-state index in [1.54, 1.807) is 0 Å². The lowest BCUT2D eigenvalue weighted by Crippen LogP contribution is -2.14. The van der Waals surface area contributed by atoms with Gasteiger partial charge in [-0.15, -0.1) is 0 Å². The molecule has 3 nitrogen and oxygen atoms in total. The van der Waals surface area contributed by atoms with Gasteiger partial charge in [-0.2, -0.15) is 0 Å². The van der Waals surface area contributed by atoms with E-state index in [9.17, 15) is 0 Å². The molecule has 1 aliphatic rings. The van der Waals surface area contributed by atoms with Crippen LogP contribution in [0.4, 0.5) is 0 Å². The topological polar surface area (TPSA) is 38.7 Å². The number of benzene rings is 7. The highest BCUT2D eigenvalue weighted by Crippen LogP contribution is 2.53. The molecule has 10 rings (SSSR count). The molecule has 0 saturated heterocycles. The number of fused-ring (bicyclic) bond motifs is 5. The highest BCUT2D eigenvalue weighted by molar-refractivity contribution is 5.99. The van der Waals surface area contributed by atoms with Gasteiger partial charge >= 0.3 is 0 Å². The van der Waals surface area contributed by atoms with Gasteiger partial charge in [0, 0.05) is 33.7 Å². The second-order valence-electron chi connectivity index (χ2n) is 14.5. The number of hydrogen-bond donors (Lipinski definition) is 0. The van der Waals surface area contributed by atoms with Crippen molar-refractivity contribution in [3.05, 3.63) is 187 Å². The van der Waals surface area contributed by atoms with Crippen LogP contribution in [0.1, 0.15) is 25.0 Å². The summed E-state index contributed by atoms with van der Waals surface area (Å²) in [5, 5.41) is 3.68. The molecule has 0 bridgehead atoms.